The molecule has 1 rings (SSSR count). The first-order valence-corrected chi connectivity index (χ1v) is 8.50. The molecule has 2 amide bonds. The van der Waals surface area contributed by atoms with Crippen molar-refractivity contribution in [2.24, 2.45) is 0 Å². The maximum atomic E-state index is 12.2. The molecule has 0 aliphatic carbocycles. The van der Waals surface area contributed by atoms with Crippen LogP contribution < -0.4 is 10.6 Å². The number of urea groups is 1. The number of benzene rings is 1. The fourth-order valence-electron chi connectivity index (χ4n) is 1.66. The number of likely N-dealkylation sites (N-methyl/N-ethyl adjacent to an activating group) is 1. The zero-order valence-corrected chi connectivity index (χ0v) is 14.0. The van der Waals surface area contributed by atoms with E-state index in [4.69, 9.17) is 0 Å². The molecule has 0 aliphatic heterocycles. The monoisotopic (exact) mass is 325 g/mol. The number of nitrogens with zero attached hydrogens (tertiary/aromatic N) is 1. The van der Waals surface area contributed by atoms with Crippen LogP contribution in [0.2, 0.25) is 0 Å². The molecule has 2 N–H and O–H groups in total. The molecule has 0 heterocycles. The summed E-state index contributed by atoms with van der Waals surface area (Å²) >= 11 is 0. The third-order valence-electron chi connectivity index (χ3n) is 3.20. The number of amides is 2. The molecule has 0 aromatic heterocycles. The number of nitrogens with one attached hydrogen (secondary N) is 2. The van der Waals surface area contributed by atoms with E-state index in [1.165, 1.54) is 29.6 Å². The number of anilines is 1. The molecular formula is C15H23N3O3S. The average molecular weight is 325 g/mol. The van der Waals surface area contributed by atoms with Gasteiger partial charge in [-0.1, -0.05) is 13.0 Å². The number of carbonyl (C=O) groups excluding carboxylic acids is 1. The van der Waals surface area contributed by atoms with Gasteiger partial charge in [0.2, 0.25) is 10.0 Å². The van der Waals surface area contributed by atoms with Crippen LogP contribution in [0.3, 0.4) is 0 Å². The standard InChI is InChI=1S/C15H23N3O3S/c1-5-11-18(4)22(20,21)14-9-7-13(8-10-14)17-15(19)16-12(3)6-2/h5,7-10,12H,1,6,11H2,2-4H3,(H2,16,17,19). The van der Waals surface area contributed by atoms with E-state index in [-0.39, 0.29) is 23.5 Å². The van der Waals surface area contributed by atoms with E-state index in [0.29, 0.717) is 5.69 Å². The van der Waals surface area contributed by atoms with E-state index in [0.717, 1.165) is 6.42 Å². The quantitative estimate of drug-likeness (QED) is 0.756. The Bertz CT molecular complexity index is 611. The van der Waals surface area contributed by atoms with Crippen LogP contribution in [0.25, 0.3) is 0 Å². The molecule has 1 unspecified atom stereocenters. The Kier molecular flexibility index (Phi) is 6.58. The molecule has 1 aromatic rings. The van der Waals surface area contributed by atoms with Crippen LogP contribution in [-0.4, -0.2) is 38.4 Å². The second-order valence-electron chi connectivity index (χ2n) is 5.01. The van der Waals surface area contributed by atoms with E-state index in [9.17, 15) is 13.2 Å². The molecule has 7 heteroatoms. The smallest absolute Gasteiger partial charge is 0.319 e. The molecule has 0 saturated carbocycles. The Morgan fingerprint density at radius 1 is 1.36 bits per heavy atom. The normalized spacial score (nSPS) is 12.7. The average Bonchev–Trinajstić information content (AvgIpc) is 2.47. The lowest BCUT2D eigenvalue weighted by atomic mass is 10.3. The van der Waals surface area contributed by atoms with E-state index < -0.39 is 10.0 Å². The molecule has 22 heavy (non-hydrogen) atoms. The number of rotatable bonds is 7. The van der Waals surface area contributed by atoms with Crippen LogP contribution in [0.4, 0.5) is 10.5 Å². The Morgan fingerprint density at radius 3 is 2.45 bits per heavy atom. The lowest BCUT2D eigenvalue weighted by molar-refractivity contribution is 0.249. The van der Waals surface area contributed by atoms with Crippen molar-refractivity contribution < 1.29 is 13.2 Å². The van der Waals surface area contributed by atoms with Gasteiger partial charge in [0.25, 0.3) is 0 Å². The molecule has 1 atom stereocenters. The zero-order chi connectivity index (χ0) is 16.8. The van der Waals surface area contributed by atoms with Crippen LogP contribution in [0.1, 0.15) is 20.3 Å². The molecule has 6 nitrogen and oxygen atoms in total. The highest BCUT2D eigenvalue weighted by molar-refractivity contribution is 7.89. The van der Waals surface area contributed by atoms with Crippen molar-refractivity contribution in [1.82, 2.24) is 9.62 Å². The molecule has 0 bridgehead atoms. The minimum Gasteiger partial charge on any atom is -0.335 e. The number of sulfonamides is 1. The lowest BCUT2D eigenvalue weighted by Gasteiger charge is -2.16. The van der Waals surface area contributed by atoms with Crippen molar-refractivity contribution in [1.29, 1.82) is 0 Å². The third-order valence-corrected chi connectivity index (χ3v) is 5.03. The largest absolute Gasteiger partial charge is 0.335 e. The van der Waals surface area contributed by atoms with Crippen molar-refractivity contribution in [3.63, 3.8) is 0 Å². The maximum Gasteiger partial charge on any atom is 0.319 e. The van der Waals surface area contributed by atoms with Crippen LogP contribution in [-0.2, 0) is 10.0 Å². The van der Waals surface area contributed by atoms with Crippen LogP contribution in [0, 0.1) is 0 Å². The highest BCUT2D eigenvalue weighted by Gasteiger charge is 2.19. The van der Waals surface area contributed by atoms with Gasteiger partial charge < -0.3 is 10.6 Å². The highest BCUT2D eigenvalue weighted by atomic mass is 32.2. The van der Waals surface area contributed by atoms with Gasteiger partial charge in [0.05, 0.1) is 4.90 Å². The highest BCUT2D eigenvalue weighted by Crippen LogP contribution is 2.17. The summed E-state index contributed by atoms with van der Waals surface area (Å²) in [6, 6.07) is 5.82. The predicted molar refractivity (Wildman–Crippen MR) is 88.4 cm³/mol. The molecule has 0 saturated heterocycles. The molecule has 0 aliphatic rings. The van der Waals surface area contributed by atoms with Gasteiger partial charge in [0, 0.05) is 25.3 Å². The number of hydrogen-bond acceptors (Lipinski definition) is 3. The fraction of sp³-hybridized carbons (Fsp3) is 0.400. The van der Waals surface area contributed by atoms with Gasteiger partial charge in [-0.2, -0.15) is 4.31 Å². The first kappa shape index (κ1) is 18.2. The van der Waals surface area contributed by atoms with E-state index in [1.807, 2.05) is 13.8 Å². The van der Waals surface area contributed by atoms with Gasteiger partial charge in [-0.3, -0.25) is 0 Å². The summed E-state index contributed by atoms with van der Waals surface area (Å²) in [7, 11) is -2.05. The van der Waals surface area contributed by atoms with Crippen LogP contribution >= 0.6 is 0 Å². The Hall–Kier alpha value is -1.86. The van der Waals surface area contributed by atoms with E-state index >= 15 is 0 Å². The molecule has 0 fully saturated rings. The van der Waals surface area contributed by atoms with Gasteiger partial charge in [-0.15, -0.1) is 6.58 Å². The molecule has 1 aromatic carbocycles. The van der Waals surface area contributed by atoms with Crippen molar-refractivity contribution in [2.75, 3.05) is 18.9 Å². The number of carbonyl (C=O) groups is 1. The SMILES string of the molecule is C=CCN(C)S(=O)(=O)c1ccc(NC(=O)NC(C)CC)cc1. The minimum absolute atomic E-state index is 0.0761. The Labute approximate surface area is 132 Å². The fourth-order valence-corrected chi connectivity index (χ4v) is 2.80. The summed E-state index contributed by atoms with van der Waals surface area (Å²) in [5.41, 5.74) is 0.533. The summed E-state index contributed by atoms with van der Waals surface area (Å²) in [4.78, 5) is 11.9. The molecular weight excluding hydrogens is 302 g/mol. The molecule has 122 valence electrons. The van der Waals surface area contributed by atoms with Gasteiger partial charge in [0.15, 0.2) is 0 Å². The van der Waals surface area contributed by atoms with Crippen molar-refractivity contribution in [3.8, 4) is 0 Å². The van der Waals surface area contributed by atoms with Crippen molar-refractivity contribution >= 4 is 21.7 Å². The van der Waals surface area contributed by atoms with Crippen LogP contribution in [0.15, 0.2) is 41.8 Å². The number of hydrogen-bond donors (Lipinski definition) is 2. The third kappa shape index (κ3) is 4.85. The summed E-state index contributed by atoms with van der Waals surface area (Å²) < 4.78 is 25.6. The molecule has 0 spiro atoms. The Morgan fingerprint density at radius 2 is 1.95 bits per heavy atom. The minimum atomic E-state index is -3.54. The predicted octanol–water partition coefficient (Wildman–Crippen LogP) is 2.41. The summed E-state index contributed by atoms with van der Waals surface area (Å²) in [5, 5.41) is 5.44. The first-order valence-electron chi connectivity index (χ1n) is 7.06. The van der Waals surface area contributed by atoms with Gasteiger partial charge >= 0.3 is 6.03 Å². The zero-order valence-electron chi connectivity index (χ0n) is 13.2. The van der Waals surface area contributed by atoms with Crippen molar-refractivity contribution in [3.05, 3.63) is 36.9 Å². The van der Waals surface area contributed by atoms with Gasteiger partial charge in [-0.05, 0) is 37.6 Å². The second-order valence-corrected chi connectivity index (χ2v) is 7.05. The first-order chi connectivity index (χ1) is 10.3. The summed E-state index contributed by atoms with van der Waals surface area (Å²) in [6.45, 7) is 7.64. The van der Waals surface area contributed by atoms with Gasteiger partial charge in [-0.25, -0.2) is 13.2 Å². The summed E-state index contributed by atoms with van der Waals surface area (Å²) in [6.07, 6.45) is 2.35. The summed E-state index contributed by atoms with van der Waals surface area (Å²) in [5.74, 6) is 0. The Balaban J connectivity index is 2.79. The van der Waals surface area contributed by atoms with E-state index in [2.05, 4.69) is 17.2 Å². The van der Waals surface area contributed by atoms with Crippen molar-refractivity contribution in [2.45, 2.75) is 31.2 Å². The van der Waals surface area contributed by atoms with Gasteiger partial charge in [0.1, 0.15) is 0 Å². The maximum absolute atomic E-state index is 12.2. The lowest BCUT2D eigenvalue weighted by Crippen LogP contribution is -2.35. The second kappa shape index (κ2) is 7.95. The molecule has 0 radical (unpaired) electrons. The van der Waals surface area contributed by atoms with E-state index in [1.54, 1.807) is 12.1 Å². The van der Waals surface area contributed by atoms with Crippen LogP contribution in [0.5, 0.6) is 0 Å². The topological polar surface area (TPSA) is 78.5 Å².